The number of nitrogens with zero attached hydrogens (tertiary/aromatic N) is 1. The van der Waals surface area contributed by atoms with Crippen molar-refractivity contribution in [2.24, 2.45) is 0 Å². The third-order valence-electron chi connectivity index (χ3n) is 3.86. The molecular formula is C19H19NO3. The zero-order valence-corrected chi connectivity index (χ0v) is 13.5. The van der Waals surface area contributed by atoms with Crippen LogP contribution in [0.2, 0.25) is 0 Å². The summed E-state index contributed by atoms with van der Waals surface area (Å²) in [6.45, 7) is 0.285. The summed E-state index contributed by atoms with van der Waals surface area (Å²) in [5.41, 5.74) is 3.29. The number of fused-ring (bicyclic) bond motifs is 1. The maximum atomic E-state index is 12.7. The number of anilines is 1. The van der Waals surface area contributed by atoms with Gasteiger partial charge in [-0.15, -0.1) is 0 Å². The van der Waals surface area contributed by atoms with Crippen LogP contribution in [0, 0.1) is 0 Å². The normalized spacial score (nSPS) is 15.1. The topological polar surface area (TPSA) is 38.8 Å². The van der Waals surface area contributed by atoms with Crippen molar-refractivity contribution in [2.45, 2.75) is 0 Å². The molecule has 0 unspecified atom stereocenters. The molecule has 4 nitrogen and oxygen atoms in total. The number of ketones is 1. The lowest BCUT2D eigenvalue weighted by atomic mass is 9.98. The first-order valence-electron chi connectivity index (χ1n) is 7.42. The number of hydrogen-bond acceptors (Lipinski definition) is 4. The van der Waals surface area contributed by atoms with Gasteiger partial charge in [0, 0.05) is 25.4 Å². The van der Waals surface area contributed by atoms with Gasteiger partial charge in [0.05, 0.1) is 12.7 Å². The van der Waals surface area contributed by atoms with Crippen LogP contribution in [0.3, 0.4) is 0 Å². The number of benzene rings is 2. The zero-order chi connectivity index (χ0) is 16.4. The molecule has 0 aromatic heterocycles. The van der Waals surface area contributed by atoms with Crippen molar-refractivity contribution < 1.29 is 14.3 Å². The van der Waals surface area contributed by atoms with Crippen LogP contribution in [0.4, 0.5) is 5.69 Å². The van der Waals surface area contributed by atoms with Gasteiger partial charge in [-0.1, -0.05) is 12.1 Å². The zero-order valence-electron chi connectivity index (χ0n) is 13.5. The molecule has 0 saturated carbocycles. The highest BCUT2D eigenvalue weighted by Crippen LogP contribution is 2.31. The predicted molar refractivity (Wildman–Crippen MR) is 91.6 cm³/mol. The monoisotopic (exact) mass is 309 g/mol. The van der Waals surface area contributed by atoms with E-state index in [0.29, 0.717) is 22.6 Å². The van der Waals surface area contributed by atoms with Gasteiger partial charge in [0.25, 0.3) is 0 Å². The quantitative estimate of drug-likeness (QED) is 0.814. The molecule has 2 aromatic rings. The van der Waals surface area contributed by atoms with E-state index < -0.39 is 0 Å². The van der Waals surface area contributed by atoms with Gasteiger partial charge in [0.1, 0.15) is 18.1 Å². The molecule has 118 valence electrons. The van der Waals surface area contributed by atoms with E-state index in [2.05, 4.69) is 0 Å². The fraction of sp³-hybridized carbons (Fsp3) is 0.211. The van der Waals surface area contributed by atoms with Gasteiger partial charge in [0.2, 0.25) is 0 Å². The van der Waals surface area contributed by atoms with Gasteiger partial charge in [-0.2, -0.15) is 0 Å². The predicted octanol–water partition coefficient (Wildman–Crippen LogP) is 3.42. The second-order valence-corrected chi connectivity index (χ2v) is 5.64. The van der Waals surface area contributed by atoms with Crippen LogP contribution < -0.4 is 14.4 Å². The maximum Gasteiger partial charge on any atom is 0.196 e. The van der Waals surface area contributed by atoms with E-state index in [1.807, 2.05) is 49.3 Å². The van der Waals surface area contributed by atoms with Crippen molar-refractivity contribution in [1.82, 2.24) is 0 Å². The van der Waals surface area contributed by atoms with Crippen LogP contribution in [0.1, 0.15) is 15.9 Å². The fourth-order valence-corrected chi connectivity index (χ4v) is 2.51. The fourth-order valence-electron chi connectivity index (χ4n) is 2.51. The third-order valence-corrected chi connectivity index (χ3v) is 3.86. The van der Waals surface area contributed by atoms with E-state index in [0.717, 1.165) is 11.3 Å². The molecule has 0 atom stereocenters. The first-order valence-corrected chi connectivity index (χ1v) is 7.42. The Bertz CT molecular complexity index is 761. The summed E-state index contributed by atoms with van der Waals surface area (Å²) < 4.78 is 10.9. The number of methoxy groups -OCH3 is 1. The molecular weight excluding hydrogens is 290 g/mol. The third kappa shape index (κ3) is 3.06. The van der Waals surface area contributed by atoms with E-state index in [1.165, 1.54) is 0 Å². The van der Waals surface area contributed by atoms with Crippen LogP contribution in [-0.2, 0) is 0 Å². The lowest BCUT2D eigenvalue weighted by molar-refractivity contribution is 0.100. The molecule has 0 bridgehead atoms. The first-order chi connectivity index (χ1) is 11.1. The second kappa shape index (κ2) is 6.16. The van der Waals surface area contributed by atoms with Gasteiger partial charge in [-0.25, -0.2) is 0 Å². The van der Waals surface area contributed by atoms with Crippen molar-refractivity contribution in [2.75, 3.05) is 32.7 Å². The lowest BCUT2D eigenvalue weighted by Crippen LogP contribution is -2.19. The van der Waals surface area contributed by atoms with E-state index >= 15 is 0 Å². The van der Waals surface area contributed by atoms with Crippen molar-refractivity contribution in [3.05, 3.63) is 59.2 Å². The number of rotatable bonds is 3. The molecule has 0 fully saturated rings. The SMILES string of the molecule is COc1ccc2c(c1)C(=O)/C(=C/c1ccc(N(C)C)cc1)CO2. The molecule has 0 saturated heterocycles. The summed E-state index contributed by atoms with van der Waals surface area (Å²) in [7, 11) is 5.57. The van der Waals surface area contributed by atoms with Gasteiger partial charge in [-0.05, 0) is 42.0 Å². The van der Waals surface area contributed by atoms with Crippen LogP contribution in [0.15, 0.2) is 48.0 Å². The van der Waals surface area contributed by atoms with Crippen LogP contribution in [0.5, 0.6) is 11.5 Å². The van der Waals surface area contributed by atoms with Gasteiger partial charge >= 0.3 is 0 Å². The molecule has 0 spiro atoms. The Balaban J connectivity index is 1.90. The summed E-state index contributed by atoms with van der Waals surface area (Å²) >= 11 is 0. The van der Waals surface area contributed by atoms with Crippen molar-refractivity contribution in [3.63, 3.8) is 0 Å². The number of hydrogen-bond donors (Lipinski definition) is 0. The van der Waals surface area contributed by atoms with E-state index in [-0.39, 0.29) is 12.4 Å². The van der Waals surface area contributed by atoms with Gasteiger partial charge in [-0.3, -0.25) is 4.79 Å². The molecule has 0 aliphatic carbocycles. The summed E-state index contributed by atoms with van der Waals surface area (Å²) in [6.07, 6.45) is 1.88. The van der Waals surface area contributed by atoms with E-state index in [1.54, 1.807) is 25.3 Å². The number of carbonyl (C=O) groups excluding carboxylic acids is 1. The van der Waals surface area contributed by atoms with Crippen molar-refractivity contribution in [3.8, 4) is 11.5 Å². The summed E-state index contributed by atoms with van der Waals surface area (Å²) in [5.74, 6) is 1.25. The number of Topliss-reactive ketones (excluding diaryl/α,β-unsaturated/α-hetero) is 1. The molecule has 1 aliphatic rings. The molecule has 4 heteroatoms. The van der Waals surface area contributed by atoms with Gasteiger partial charge in [0.15, 0.2) is 5.78 Å². The Morgan fingerprint density at radius 1 is 1.13 bits per heavy atom. The van der Waals surface area contributed by atoms with Crippen molar-refractivity contribution in [1.29, 1.82) is 0 Å². The highest BCUT2D eigenvalue weighted by atomic mass is 16.5. The van der Waals surface area contributed by atoms with Gasteiger partial charge < -0.3 is 14.4 Å². The molecule has 3 rings (SSSR count). The Labute approximate surface area is 135 Å². The molecule has 0 amide bonds. The Kier molecular flexibility index (Phi) is 4.06. The lowest BCUT2D eigenvalue weighted by Gasteiger charge is -2.19. The molecule has 0 radical (unpaired) electrons. The largest absolute Gasteiger partial charge is 0.497 e. The van der Waals surface area contributed by atoms with E-state index in [9.17, 15) is 4.79 Å². The average Bonchev–Trinajstić information content (AvgIpc) is 2.57. The minimum atomic E-state index is -0.0122. The molecule has 1 heterocycles. The Morgan fingerprint density at radius 2 is 1.87 bits per heavy atom. The first kappa shape index (κ1) is 15.2. The highest BCUT2D eigenvalue weighted by Gasteiger charge is 2.23. The smallest absolute Gasteiger partial charge is 0.196 e. The summed E-state index contributed by atoms with van der Waals surface area (Å²) in [5, 5.41) is 0. The molecule has 0 N–H and O–H groups in total. The molecule has 1 aliphatic heterocycles. The van der Waals surface area contributed by atoms with Crippen LogP contribution in [0.25, 0.3) is 6.08 Å². The average molecular weight is 309 g/mol. The molecule has 2 aromatic carbocycles. The van der Waals surface area contributed by atoms with Crippen molar-refractivity contribution >= 4 is 17.5 Å². The Hall–Kier alpha value is -2.75. The van der Waals surface area contributed by atoms with Crippen LogP contribution in [-0.4, -0.2) is 33.6 Å². The maximum absolute atomic E-state index is 12.7. The highest BCUT2D eigenvalue weighted by molar-refractivity contribution is 6.14. The minimum Gasteiger partial charge on any atom is -0.497 e. The minimum absolute atomic E-state index is 0.0122. The number of ether oxygens (including phenoxy) is 2. The standard InChI is InChI=1S/C19H19NO3/c1-20(2)15-6-4-13(5-7-15)10-14-12-23-18-9-8-16(22-3)11-17(18)19(14)21/h4-11H,12H2,1-3H3/b14-10+. The number of carbonyl (C=O) groups is 1. The second-order valence-electron chi connectivity index (χ2n) is 5.64. The molecule has 23 heavy (non-hydrogen) atoms. The van der Waals surface area contributed by atoms with Crippen LogP contribution >= 0.6 is 0 Å². The Morgan fingerprint density at radius 3 is 2.52 bits per heavy atom. The summed E-state index contributed by atoms with van der Waals surface area (Å²) in [4.78, 5) is 14.7. The van der Waals surface area contributed by atoms with E-state index in [4.69, 9.17) is 9.47 Å². The summed E-state index contributed by atoms with van der Waals surface area (Å²) in [6, 6.07) is 13.3.